The molecule has 25 heavy (non-hydrogen) atoms. The molecule has 1 amide bonds. The zero-order valence-electron chi connectivity index (χ0n) is 15.2. The van der Waals surface area contributed by atoms with Crippen LogP contribution < -0.4 is 4.90 Å². The van der Waals surface area contributed by atoms with E-state index in [9.17, 15) is 4.79 Å². The summed E-state index contributed by atoms with van der Waals surface area (Å²) in [6.45, 7) is 12.9. The van der Waals surface area contributed by atoms with Crippen LogP contribution in [0.1, 0.15) is 24.4 Å². The Balaban J connectivity index is 1.75. The van der Waals surface area contributed by atoms with Crippen LogP contribution in [0, 0.1) is 6.92 Å². The van der Waals surface area contributed by atoms with E-state index in [1.807, 2.05) is 18.7 Å². The molecule has 0 saturated heterocycles. The lowest BCUT2D eigenvalue weighted by Gasteiger charge is -2.24. The summed E-state index contributed by atoms with van der Waals surface area (Å²) < 4.78 is 0. The van der Waals surface area contributed by atoms with E-state index in [2.05, 4.69) is 47.0 Å². The van der Waals surface area contributed by atoms with Crippen LogP contribution in [0.4, 0.5) is 5.69 Å². The number of likely N-dealkylation sites (N-methyl/N-ethyl adjacent to an activating group) is 1. The average molecular weight is 356 g/mol. The highest BCUT2D eigenvalue weighted by Crippen LogP contribution is 2.32. The van der Waals surface area contributed by atoms with Gasteiger partial charge in [-0.1, -0.05) is 25.1 Å². The van der Waals surface area contributed by atoms with Crippen molar-refractivity contribution in [1.82, 2.24) is 9.88 Å². The number of carbonyl (C=O) groups excluding carboxylic acids is 1. The fourth-order valence-electron chi connectivity index (χ4n) is 3.25. The maximum atomic E-state index is 12.8. The Morgan fingerprint density at radius 1 is 1.40 bits per heavy atom. The number of hydrogen-bond acceptors (Lipinski definition) is 4. The number of fused-ring (bicyclic) bond motifs is 1. The molecular weight excluding hydrogens is 330 g/mol. The Bertz CT molecular complexity index is 796. The fourth-order valence-corrected chi connectivity index (χ4v) is 3.88. The van der Waals surface area contributed by atoms with E-state index < -0.39 is 0 Å². The van der Waals surface area contributed by atoms with Gasteiger partial charge in [0.1, 0.15) is 0 Å². The second-order valence-electron chi connectivity index (χ2n) is 6.65. The molecule has 0 aliphatic carbocycles. The van der Waals surface area contributed by atoms with Gasteiger partial charge in [0.15, 0.2) is 0 Å². The molecule has 0 atom stereocenters. The van der Waals surface area contributed by atoms with E-state index in [-0.39, 0.29) is 5.91 Å². The van der Waals surface area contributed by atoms with Gasteiger partial charge in [-0.05, 0) is 44.5 Å². The van der Waals surface area contributed by atoms with Crippen molar-refractivity contribution in [2.24, 2.45) is 0 Å². The molecule has 1 aliphatic heterocycles. The predicted octanol–water partition coefficient (Wildman–Crippen LogP) is 3.91. The third-order valence-corrected chi connectivity index (χ3v) is 5.26. The largest absolute Gasteiger partial charge is 0.311 e. The monoisotopic (exact) mass is 355 g/mol. The van der Waals surface area contributed by atoms with Crippen LogP contribution >= 0.6 is 11.3 Å². The van der Waals surface area contributed by atoms with Gasteiger partial charge < -0.3 is 4.90 Å². The molecule has 2 aromatic rings. The second-order valence-corrected chi connectivity index (χ2v) is 7.71. The molecule has 5 heteroatoms. The third-order valence-electron chi connectivity index (χ3n) is 4.49. The topological polar surface area (TPSA) is 36.4 Å². The van der Waals surface area contributed by atoms with E-state index in [1.54, 1.807) is 11.3 Å². The highest BCUT2D eigenvalue weighted by atomic mass is 32.1. The number of hydrogen-bond donors (Lipinski definition) is 0. The first-order valence-corrected chi connectivity index (χ1v) is 9.58. The number of carbonyl (C=O) groups is 1. The molecular formula is C20H25N3OS. The molecule has 4 nitrogen and oxygen atoms in total. The minimum atomic E-state index is 0.166. The van der Waals surface area contributed by atoms with Gasteiger partial charge in [0.25, 0.3) is 0 Å². The number of aromatic nitrogens is 1. The molecule has 0 bridgehead atoms. The molecule has 132 valence electrons. The SMILES string of the molecule is C=C(C)CN(CC)CC(=O)N1CCc2cc(-c3csc(C)n3)ccc21. The Kier molecular flexibility index (Phi) is 5.35. The molecule has 3 rings (SSSR count). The summed E-state index contributed by atoms with van der Waals surface area (Å²) >= 11 is 1.66. The highest BCUT2D eigenvalue weighted by molar-refractivity contribution is 7.09. The van der Waals surface area contributed by atoms with Crippen molar-refractivity contribution in [2.75, 3.05) is 31.1 Å². The molecule has 0 N–H and O–H groups in total. The van der Waals surface area contributed by atoms with Crippen LogP contribution in [-0.2, 0) is 11.2 Å². The molecule has 0 saturated carbocycles. The van der Waals surface area contributed by atoms with E-state index in [0.29, 0.717) is 6.54 Å². The number of nitrogens with zero attached hydrogens (tertiary/aromatic N) is 3. The Hall–Kier alpha value is -1.98. The second kappa shape index (κ2) is 7.50. The van der Waals surface area contributed by atoms with Crippen molar-refractivity contribution < 1.29 is 4.79 Å². The van der Waals surface area contributed by atoms with E-state index in [0.717, 1.165) is 53.6 Å². The fraction of sp³-hybridized carbons (Fsp3) is 0.400. The number of thiazole rings is 1. The first kappa shape index (κ1) is 17.8. The van der Waals surface area contributed by atoms with Gasteiger partial charge in [0.2, 0.25) is 5.91 Å². The zero-order chi connectivity index (χ0) is 18.0. The first-order valence-electron chi connectivity index (χ1n) is 8.70. The van der Waals surface area contributed by atoms with Crippen molar-refractivity contribution >= 4 is 22.9 Å². The zero-order valence-corrected chi connectivity index (χ0v) is 16.0. The minimum absolute atomic E-state index is 0.166. The molecule has 1 aliphatic rings. The van der Waals surface area contributed by atoms with Crippen molar-refractivity contribution in [3.05, 3.63) is 46.3 Å². The van der Waals surface area contributed by atoms with E-state index >= 15 is 0 Å². The summed E-state index contributed by atoms with van der Waals surface area (Å²) in [7, 11) is 0. The van der Waals surface area contributed by atoms with Gasteiger partial charge in [-0.25, -0.2) is 4.98 Å². The van der Waals surface area contributed by atoms with Crippen LogP contribution in [0.2, 0.25) is 0 Å². The van der Waals surface area contributed by atoms with Crippen LogP contribution in [0.15, 0.2) is 35.7 Å². The molecule has 1 aromatic heterocycles. The third kappa shape index (κ3) is 3.99. The summed E-state index contributed by atoms with van der Waals surface area (Å²) in [5, 5.41) is 3.16. The minimum Gasteiger partial charge on any atom is -0.311 e. The van der Waals surface area contributed by atoms with Gasteiger partial charge in [-0.3, -0.25) is 9.69 Å². The summed E-state index contributed by atoms with van der Waals surface area (Å²) in [4.78, 5) is 21.4. The Morgan fingerprint density at radius 2 is 2.20 bits per heavy atom. The summed E-state index contributed by atoms with van der Waals surface area (Å²) in [6, 6.07) is 6.33. The van der Waals surface area contributed by atoms with Gasteiger partial charge >= 0.3 is 0 Å². The average Bonchev–Trinajstić information content (AvgIpc) is 3.19. The molecule has 2 heterocycles. The highest BCUT2D eigenvalue weighted by Gasteiger charge is 2.26. The number of anilines is 1. The maximum absolute atomic E-state index is 12.8. The lowest BCUT2D eigenvalue weighted by molar-refractivity contribution is -0.119. The van der Waals surface area contributed by atoms with Gasteiger partial charge in [0.05, 0.1) is 17.2 Å². The quantitative estimate of drug-likeness (QED) is 0.737. The van der Waals surface area contributed by atoms with Crippen LogP contribution in [0.3, 0.4) is 0 Å². The standard InChI is InChI=1S/C20H25N3OS/c1-5-22(11-14(2)3)12-20(24)23-9-8-17-10-16(6-7-19(17)23)18-13-25-15(4)21-18/h6-7,10,13H,2,5,8-9,11-12H2,1,3-4H3. The van der Waals surface area contributed by atoms with Crippen molar-refractivity contribution in [3.63, 3.8) is 0 Å². The van der Waals surface area contributed by atoms with Gasteiger partial charge in [-0.2, -0.15) is 0 Å². The lowest BCUT2D eigenvalue weighted by Crippen LogP contribution is -2.40. The predicted molar refractivity (Wildman–Crippen MR) is 105 cm³/mol. The molecule has 1 aromatic carbocycles. The molecule has 0 radical (unpaired) electrons. The molecule has 0 fully saturated rings. The maximum Gasteiger partial charge on any atom is 0.241 e. The molecule has 0 unspecified atom stereocenters. The van der Waals surface area contributed by atoms with Crippen LogP contribution in [0.5, 0.6) is 0 Å². The summed E-state index contributed by atoms with van der Waals surface area (Å²) in [5.74, 6) is 0.166. The van der Waals surface area contributed by atoms with Crippen LogP contribution in [0.25, 0.3) is 11.3 Å². The van der Waals surface area contributed by atoms with Gasteiger partial charge in [-0.15, -0.1) is 11.3 Å². The Labute approximate surface area is 153 Å². The van der Waals surface area contributed by atoms with Crippen LogP contribution in [-0.4, -0.2) is 42.0 Å². The van der Waals surface area contributed by atoms with Crippen molar-refractivity contribution in [1.29, 1.82) is 0 Å². The first-order chi connectivity index (χ1) is 12.0. The smallest absolute Gasteiger partial charge is 0.241 e. The Morgan fingerprint density at radius 3 is 2.84 bits per heavy atom. The van der Waals surface area contributed by atoms with Crippen molar-refractivity contribution in [3.8, 4) is 11.3 Å². The molecule has 0 spiro atoms. The number of aryl methyl sites for hydroxylation is 1. The number of amides is 1. The van der Waals surface area contributed by atoms with Gasteiger partial charge in [0, 0.05) is 29.7 Å². The van der Waals surface area contributed by atoms with Crippen molar-refractivity contribution in [2.45, 2.75) is 27.2 Å². The summed E-state index contributed by atoms with van der Waals surface area (Å²) in [6.07, 6.45) is 0.907. The number of benzene rings is 1. The summed E-state index contributed by atoms with van der Waals surface area (Å²) in [5.41, 5.74) is 5.52. The number of rotatable bonds is 6. The normalized spacial score (nSPS) is 13.4. The van der Waals surface area contributed by atoms with E-state index in [1.165, 1.54) is 5.56 Å². The lowest BCUT2D eigenvalue weighted by atomic mass is 10.1. The van der Waals surface area contributed by atoms with E-state index in [4.69, 9.17) is 0 Å².